The quantitative estimate of drug-likeness (QED) is 0.853. The lowest BCUT2D eigenvalue weighted by Gasteiger charge is -2.21. The summed E-state index contributed by atoms with van der Waals surface area (Å²) < 4.78 is 26.9. The van der Waals surface area contributed by atoms with Crippen molar-refractivity contribution >= 4 is 44.8 Å². The van der Waals surface area contributed by atoms with Crippen molar-refractivity contribution in [2.24, 2.45) is 0 Å². The summed E-state index contributed by atoms with van der Waals surface area (Å²) in [5, 5.41) is 3.66. The van der Waals surface area contributed by atoms with E-state index in [4.69, 9.17) is 23.2 Å². The van der Waals surface area contributed by atoms with Crippen LogP contribution in [0.25, 0.3) is 0 Å². The smallest absolute Gasteiger partial charge is 0.243 e. The number of fused-ring (bicyclic) bond motifs is 1. The molecule has 0 aromatic heterocycles. The molecule has 3 rings (SSSR count). The third-order valence-electron chi connectivity index (χ3n) is 4.09. The number of sulfonamides is 1. The number of nitrogens with one attached hydrogen (secondary N) is 1. The summed E-state index contributed by atoms with van der Waals surface area (Å²) >= 11 is 12.0. The second-order valence-corrected chi connectivity index (χ2v) is 8.75. The number of benzene rings is 2. The van der Waals surface area contributed by atoms with Crippen LogP contribution in [0.15, 0.2) is 41.3 Å². The summed E-state index contributed by atoms with van der Waals surface area (Å²) in [6.45, 7) is 0.131. The van der Waals surface area contributed by atoms with Gasteiger partial charge < -0.3 is 5.32 Å². The van der Waals surface area contributed by atoms with E-state index in [0.29, 0.717) is 34.1 Å². The molecule has 0 radical (unpaired) electrons. The molecule has 0 saturated heterocycles. The molecule has 1 aliphatic rings. The Balaban J connectivity index is 1.87. The van der Waals surface area contributed by atoms with Gasteiger partial charge in [0.25, 0.3) is 0 Å². The van der Waals surface area contributed by atoms with Gasteiger partial charge in [-0.2, -0.15) is 4.31 Å². The lowest BCUT2D eigenvalue weighted by atomic mass is 10.0. The number of rotatable bonds is 4. The van der Waals surface area contributed by atoms with Crippen LogP contribution in [0.2, 0.25) is 10.0 Å². The molecule has 5 nitrogen and oxygen atoms in total. The average Bonchev–Trinajstić information content (AvgIpc) is 2.56. The number of halogens is 2. The summed E-state index contributed by atoms with van der Waals surface area (Å²) in [7, 11) is -2.18. The average molecular weight is 399 g/mol. The molecule has 2 aromatic rings. The van der Waals surface area contributed by atoms with Crippen molar-refractivity contribution in [1.29, 1.82) is 0 Å². The molecule has 1 N–H and O–H groups in total. The molecular formula is C17H16Cl2N2O3S. The molecule has 0 atom stereocenters. The van der Waals surface area contributed by atoms with Crippen LogP contribution >= 0.6 is 23.2 Å². The van der Waals surface area contributed by atoms with E-state index in [2.05, 4.69) is 5.32 Å². The molecule has 0 aliphatic carbocycles. The highest BCUT2D eigenvalue weighted by molar-refractivity contribution is 7.89. The molecule has 1 heterocycles. The standard InChI is InChI=1S/C17H16Cl2N2O3S/c1-21(10-12-2-4-13(18)9-15(12)19)25(23,24)14-5-6-16-11(8-14)3-7-17(22)20-16/h2,4-6,8-9H,3,7,10H2,1H3,(H,20,22). The Morgan fingerprint density at radius 1 is 1.12 bits per heavy atom. The molecule has 2 aromatic carbocycles. The van der Waals surface area contributed by atoms with E-state index in [9.17, 15) is 13.2 Å². The maximum Gasteiger partial charge on any atom is 0.243 e. The van der Waals surface area contributed by atoms with Crippen molar-refractivity contribution in [2.75, 3.05) is 12.4 Å². The molecule has 0 fully saturated rings. The predicted octanol–water partition coefficient (Wildman–Crippen LogP) is 3.70. The molecule has 0 saturated carbocycles. The molecule has 132 valence electrons. The lowest BCUT2D eigenvalue weighted by molar-refractivity contribution is -0.116. The summed E-state index contributed by atoms with van der Waals surface area (Å²) in [4.78, 5) is 11.6. The van der Waals surface area contributed by atoms with Crippen LogP contribution in [0.1, 0.15) is 17.5 Å². The van der Waals surface area contributed by atoms with Gasteiger partial charge in [-0.1, -0.05) is 29.3 Å². The number of aryl methyl sites for hydroxylation is 1. The Bertz CT molecular complexity index is 945. The number of anilines is 1. The minimum Gasteiger partial charge on any atom is -0.326 e. The van der Waals surface area contributed by atoms with Crippen molar-refractivity contribution in [1.82, 2.24) is 4.31 Å². The Morgan fingerprint density at radius 2 is 1.88 bits per heavy atom. The van der Waals surface area contributed by atoms with Gasteiger partial charge in [0.1, 0.15) is 0 Å². The molecule has 0 spiro atoms. The van der Waals surface area contributed by atoms with Crippen molar-refractivity contribution in [3.63, 3.8) is 0 Å². The fraction of sp³-hybridized carbons (Fsp3) is 0.235. The molecule has 0 unspecified atom stereocenters. The number of amides is 1. The van der Waals surface area contributed by atoms with Crippen LogP contribution < -0.4 is 5.32 Å². The van der Waals surface area contributed by atoms with E-state index in [-0.39, 0.29) is 17.3 Å². The number of carbonyl (C=O) groups is 1. The minimum absolute atomic E-state index is 0.0578. The second-order valence-electron chi connectivity index (χ2n) is 5.86. The predicted molar refractivity (Wildman–Crippen MR) is 98.5 cm³/mol. The van der Waals surface area contributed by atoms with Gasteiger partial charge >= 0.3 is 0 Å². The van der Waals surface area contributed by atoms with Crippen molar-refractivity contribution in [3.8, 4) is 0 Å². The van der Waals surface area contributed by atoms with Crippen molar-refractivity contribution in [3.05, 3.63) is 57.6 Å². The Hall–Kier alpha value is -1.60. The first-order chi connectivity index (χ1) is 11.8. The van der Waals surface area contributed by atoms with E-state index < -0.39 is 10.0 Å². The van der Waals surface area contributed by atoms with Crippen LogP contribution in [0.3, 0.4) is 0 Å². The maximum absolute atomic E-state index is 12.8. The number of nitrogens with zero attached hydrogens (tertiary/aromatic N) is 1. The molecule has 8 heteroatoms. The number of carbonyl (C=O) groups excluding carboxylic acids is 1. The number of hydrogen-bond donors (Lipinski definition) is 1. The van der Waals surface area contributed by atoms with E-state index in [0.717, 1.165) is 5.56 Å². The third-order valence-corrected chi connectivity index (χ3v) is 6.47. The normalized spacial score (nSPS) is 14.3. The minimum atomic E-state index is -3.68. The zero-order chi connectivity index (χ0) is 18.2. The van der Waals surface area contributed by atoms with Gasteiger partial charge in [0.2, 0.25) is 15.9 Å². The van der Waals surface area contributed by atoms with Gasteiger partial charge in [0.05, 0.1) is 4.90 Å². The molecule has 25 heavy (non-hydrogen) atoms. The Labute approximate surface area is 156 Å². The first-order valence-corrected chi connectivity index (χ1v) is 9.80. The van der Waals surface area contributed by atoms with E-state index >= 15 is 0 Å². The summed E-state index contributed by atoms with van der Waals surface area (Å²) in [6.07, 6.45) is 0.879. The van der Waals surface area contributed by atoms with Crippen LogP contribution in [-0.4, -0.2) is 25.7 Å². The van der Waals surface area contributed by atoms with Gasteiger partial charge in [-0.05, 0) is 47.9 Å². The van der Waals surface area contributed by atoms with Crippen LogP contribution in [0.4, 0.5) is 5.69 Å². The summed E-state index contributed by atoms with van der Waals surface area (Å²) in [5.74, 6) is -0.0578. The molecule has 0 bridgehead atoms. The summed E-state index contributed by atoms with van der Waals surface area (Å²) in [6, 6.07) is 9.70. The number of hydrogen-bond acceptors (Lipinski definition) is 3. The van der Waals surface area contributed by atoms with Crippen molar-refractivity contribution in [2.45, 2.75) is 24.3 Å². The maximum atomic E-state index is 12.8. The first-order valence-electron chi connectivity index (χ1n) is 7.60. The fourth-order valence-corrected chi connectivity index (χ4v) is 4.34. The highest BCUT2D eigenvalue weighted by Crippen LogP contribution is 2.28. The highest BCUT2D eigenvalue weighted by Gasteiger charge is 2.24. The van der Waals surface area contributed by atoms with Gasteiger partial charge in [0, 0.05) is 35.7 Å². The van der Waals surface area contributed by atoms with Gasteiger partial charge in [-0.3, -0.25) is 4.79 Å². The third kappa shape index (κ3) is 3.82. The molecular weight excluding hydrogens is 383 g/mol. The largest absolute Gasteiger partial charge is 0.326 e. The topological polar surface area (TPSA) is 66.5 Å². The lowest BCUT2D eigenvalue weighted by Crippen LogP contribution is -2.27. The van der Waals surface area contributed by atoms with E-state index in [1.54, 1.807) is 30.3 Å². The highest BCUT2D eigenvalue weighted by atomic mass is 35.5. The van der Waals surface area contributed by atoms with E-state index in [1.807, 2.05) is 0 Å². The van der Waals surface area contributed by atoms with Gasteiger partial charge in [0.15, 0.2) is 0 Å². The van der Waals surface area contributed by atoms with Gasteiger partial charge in [-0.15, -0.1) is 0 Å². The van der Waals surface area contributed by atoms with Gasteiger partial charge in [-0.25, -0.2) is 8.42 Å². The SMILES string of the molecule is CN(Cc1ccc(Cl)cc1Cl)S(=O)(=O)c1ccc2c(c1)CCC(=O)N2. The Morgan fingerprint density at radius 3 is 2.60 bits per heavy atom. The monoisotopic (exact) mass is 398 g/mol. The van der Waals surface area contributed by atoms with Crippen LogP contribution in [0, 0.1) is 0 Å². The molecule has 1 aliphatic heterocycles. The second kappa shape index (κ2) is 6.96. The Kier molecular flexibility index (Phi) is 5.06. The fourth-order valence-electron chi connectivity index (χ4n) is 2.67. The van der Waals surface area contributed by atoms with Crippen LogP contribution in [-0.2, 0) is 27.8 Å². The zero-order valence-electron chi connectivity index (χ0n) is 13.4. The van der Waals surface area contributed by atoms with E-state index in [1.165, 1.54) is 17.4 Å². The zero-order valence-corrected chi connectivity index (χ0v) is 15.7. The molecule has 1 amide bonds. The van der Waals surface area contributed by atoms with Crippen LogP contribution in [0.5, 0.6) is 0 Å². The van der Waals surface area contributed by atoms with Crippen molar-refractivity contribution < 1.29 is 13.2 Å². The first kappa shape index (κ1) is 18.2. The summed E-state index contributed by atoms with van der Waals surface area (Å²) in [5.41, 5.74) is 2.15.